The van der Waals surface area contributed by atoms with Crippen molar-refractivity contribution >= 4 is 6.72 Å². The minimum atomic E-state index is -1.06. The highest BCUT2D eigenvalue weighted by Gasteiger charge is 2.44. The van der Waals surface area contributed by atoms with Gasteiger partial charge in [0.2, 0.25) is 0 Å². The maximum Gasteiger partial charge on any atom is 0.330 e. The Hall–Kier alpha value is -1.77. The second-order valence-electron chi connectivity index (χ2n) is 3.93. The molecule has 1 saturated heterocycles. The van der Waals surface area contributed by atoms with Gasteiger partial charge in [0.25, 0.3) is 5.56 Å². The van der Waals surface area contributed by atoms with E-state index in [0.717, 1.165) is 10.6 Å². The van der Waals surface area contributed by atoms with Crippen LogP contribution in [0.4, 0.5) is 0 Å². The van der Waals surface area contributed by atoms with Gasteiger partial charge in [0, 0.05) is 12.3 Å². The summed E-state index contributed by atoms with van der Waals surface area (Å²) in [5.74, 6) is 0. The Balaban J connectivity index is 2.41. The van der Waals surface area contributed by atoms with Gasteiger partial charge < -0.3 is 14.9 Å². The third-order valence-electron chi connectivity index (χ3n) is 2.85. The lowest BCUT2D eigenvalue weighted by atomic mass is 10.1. The summed E-state index contributed by atoms with van der Waals surface area (Å²) in [7, 11) is 0. The summed E-state index contributed by atoms with van der Waals surface area (Å²) in [5.41, 5.74) is -1.21. The van der Waals surface area contributed by atoms with Crippen molar-refractivity contribution < 1.29 is 14.9 Å². The van der Waals surface area contributed by atoms with Gasteiger partial charge in [-0.25, -0.2) is 4.79 Å². The van der Waals surface area contributed by atoms with E-state index in [1.54, 1.807) is 0 Å². The first-order chi connectivity index (χ1) is 8.58. The molecule has 2 heterocycles. The van der Waals surface area contributed by atoms with Gasteiger partial charge in [-0.15, -0.1) is 0 Å². The summed E-state index contributed by atoms with van der Waals surface area (Å²) >= 11 is 0. The van der Waals surface area contributed by atoms with Crippen LogP contribution in [-0.4, -0.2) is 51.3 Å². The predicted molar refractivity (Wildman–Crippen MR) is 61.7 cm³/mol. The topological polar surface area (TPSA) is 117 Å². The molecule has 2 rings (SSSR count). The van der Waals surface area contributed by atoms with Crippen molar-refractivity contribution in [1.29, 1.82) is 0 Å². The van der Waals surface area contributed by atoms with Crippen molar-refractivity contribution in [3.8, 4) is 0 Å². The van der Waals surface area contributed by atoms with E-state index >= 15 is 0 Å². The first-order valence-electron chi connectivity index (χ1n) is 5.30. The third-order valence-corrected chi connectivity index (χ3v) is 2.85. The lowest BCUT2D eigenvalue weighted by molar-refractivity contribution is -0.0464. The highest BCUT2D eigenvalue weighted by Crippen LogP contribution is 2.30. The highest BCUT2D eigenvalue weighted by molar-refractivity contribution is 5.25. The van der Waals surface area contributed by atoms with Crippen molar-refractivity contribution in [2.75, 3.05) is 6.61 Å². The normalized spacial score (nSPS) is 31.4. The van der Waals surface area contributed by atoms with Gasteiger partial charge in [-0.05, 0) is 6.72 Å². The van der Waals surface area contributed by atoms with Crippen LogP contribution < -0.4 is 11.2 Å². The average molecular weight is 255 g/mol. The number of aliphatic hydroxyl groups excluding tert-OH is 2. The number of aromatic amines is 1. The Morgan fingerprint density at radius 3 is 2.83 bits per heavy atom. The summed E-state index contributed by atoms with van der Waals surface area (Å²) in [4.78, 5) is 28.3. The number of aromatic nitrogens is 2. The second-order valence-corrected chi connectivity index (χ2v) is 3.93. The summed E-state index contributed by atoms with van der Waals surface area (Å²) in [6.07, 6.45) is -1.56. The molecule has 1 fully saturated rings. The molecular formula is C10H13N3O5. The highest BCUT2D eigenvalue weighted by atomic mass is 16.5. The van der Waals surface area contributed by atoms with Crippen LogP contribution in [0.15, 0.2) is 26.8 Å². The molecule has 3 N–H and O–H groups in total. The molecule has 1 aliphatic rings. The molecule has 0 aromatic carbocycles. The first kappa shape index (κ1) is 12.7. The van der Waals surface area contributed by atoms with Crippen molar-refractivity contribution in [3.05, 3.63) is 33.1 Å². The van der Waals surface area contributed by atoms with Crippen LogP contribution in [0.5, 0.6) is 0 Å². The van der Waals surface area contributed by atoms with Crippen LogP contribution in [0.3, 0.4) is 0 Å². The zero-order valence-electron chi connectivity index (χ0n) is 9.39. The predicted octanol–water partition coefficient (Wildman–Crippen LogP) is -2.14. The van der Waals surface area contributed by atoms with E-state index in [1.165, 1.54) is 6.20 Å². The fourth-order valence-electron chi connectivity index (χ4n) is 1.94. The molecule has 8 heteroatoms. The van der Waals surface area contributed by atoms with Gasteiger partial charge in [-0.1, -0.05) is 0 Å². The van der Waals surface area contributed by atoms with Gasteiger partial charge in [-0.2, -0.15) is 0 Å². The molecule has 0 bridgehead atoms. The SMILES string of the molecule is C=N[C@@H]1[C@H](n2ccc(=O)[nH]c2=O)OC(CO)[C@@H]1O. The fraction of sp³-hybridized carbons (Fsp3) is 0.500. The minimum absolute atomic E-state index is 0.401. The molecular weight excluding hydrogens is 242 g/mol. The number of nitrogens with zero attached hydrogens (tertiary/aromatic N) is 2. The van der Waals surface area contributed by atoms with Crippen LogP contribution in [0.25, 0.3) is 0 Å². The van der Waals surface area contributed by atoms with E-state index in [1.807, 2.05) is 0 Å². The number of H-pyrrole nitrogens is 1. The summed E-state index contributed by atoms with van der Waals surface area (Å²) in [5, 5.41) is 18.9. The number of ether oxygens (including phenoxy) is 1. The molecule has 1 aromatic rings. The van der Waals surface area contributed by atoms with Crippen LogP contribution in [0.1, 0.15) is 6.23 Å². The fourth-order valence-corrected chi connectivity index (χ4v) is 1.94. The smallest absolute Gasteiger partial charge is 0.330 e. The molecule has 1 unspecified atom stereocenters. The van der Waals surface area contributed by atoms with E-state index < -0.39 is 42.3 Å². The zero-order valence-corrected chi connectivity index (χ0v) is 9.39. The number of hydrogen-bond acceptors (Lipinski definition) is 6. The standard InChI is InChI=1S/C10H13N3O5/c1-11-7-8(16)5(4-14)18-9(7)13-3-2-6(15)12-10(13)17/h2-3,5,7-9,14,16H,1,4H2,(H,12,15,17)/t5?,7-,8-,9+/m0/s1. The molecule has 0 amide bonds. The number of nitrogens with one attached hydrogen (secondary N) is 1. The van der Waals surface area contributed by atoms with Crippen molar-refractivity contribution in [2.45, 2.75) is 24.5 Å². The molecule has 1 aromatic heterocycles. The van der Waals surface area contributed by atoms with Crippen molar-refractivity contribution in [3.63, 3.8) is 0 Å². The Labute approximate surface area is 101 Å². The van der Waals surface area contributed by atoms with Crippen LogP contribution in [-0.2, 0) is 4.74 Å². The van der Waals surface area contributed by atoms with Crippen molar-refractivity contribution in [1.82, 2.24) is 9.55 Å². The van der Waals surface area contributed by atoms with E-state index in [-0.39, 0.29) is 0 Å². The average Bonchev–Trinajstić information content (AvgIpc) is 2.65. The Morgan fingerprint density at radius 2 is 2.28 bits per heavy atom. The Bertz CT molecular complexity index is 551. The monoisotopic (exact) mass is 255 g/mol. The molecule has 0 saturated carbocycles. The third kappa shape index (κ3) is 2.01. The number of aliphatic imine (C=N–C) groups is 1. The van der Waals surface area contributed by atoms with Gasteiger partial charge in [0.15, 0.2) is 6.23 Å². The van der Waals surface area contributed by atoms with Crippen LogP contribution in [0.2, 0.25) is 0 Å². The molecule has 4 atom stereocenters. The van der Waals surface area contributed by atoms with Gasteiger partial charge in [-0.3, -0.25) is 19.3 Å². The molecule has 1 aliphatic heterocycles. The maximum atomic E-state index is 11.6. The van der Waals surface area contributed by atoms with Crippen LogP contribution >= 0.6 is 0 Å². The quantitative estimate of drug-likeness (QED) is 0.533. The molecule has 0 radical (unpaired) electrons. The number of aliphatic hydroxyl groups is 2. The molecule has 98 valence electrons. The van der Waals surface area contributed by atoms with E-state index in [4.69, 9.17) is 9.84 Å². The number of hydrogen-bond donors (Lipinski definition) is 3. The summed E-state index contributed by atoms with van der Waals surface area (Å²) in [6, 6.07) is 0.370. The molecule has 0 aliphatic carbocycles. The van der Waals surface area contributed by atoms with E-state index in [0.29, 0.717) is 0 Å². The second kappa shape index (κ2) is 4.84. The van der Waals surface area contributed by atoms with Gasteiger partial charge >= 0.3 is 5.69 Å². The summed E-state index contributed by atoms with van der Waals surface area (Å²) < 4.78 is 6.44. The summed E-state index contributed by atoms with van der Waals surface area (Å²) in [6.45, 7) is 2.92. The zero-order chi connectivity index (χ0) is 13.3. The molecule has 8 nitrogen and oxygen atoms in total. The van der Waals surface area contributed by atoms with Gasteiger partial charge in [0.05, 0.1) is 6.61 Å². The molecule has 0 spiro atoms. The molecule has 18 heavy (non-hydrogen) atoms. The minimum Gasteiger partial charge on any atom is -0.394 e. The lowest BCUT2D eigenvalue weighted by Crippen LogP contribution is -2.36. The Kier molecular flexibility index (Phi) is 3.41. The van der Waals surface area contributed by atoms with Crippen LogP contribution in [0, 0.1) is 0 Å². The Morgan fingerprint density at radius 1 is 1.56 bits per heavy atom. The lowest BCUT2D eigenvalue weighted by Gasteiger charge is -2.17. The maximum absolute atomic E-state index is 11.6. The van der Waals surface area contributed by atoms with E-state index in [9.17, 15) is 14.7 Å². The van der Waals surface area contributed by atoms with Gasteiger partial charge in [0.1, 0.15) is 18.2 Å². The van der Waals surface area contributed by atoms with E-state index in [2.05, 4.69) is 16.7 Å². The first-order valence-corrected chi connectivity index (χ1v) is 5.30. The largest absolute Gasteiger partial charge is 0.394 e. The number of rotatable bonds is 3. The van der Waals surface area contributed by atoms with Crippen molar-refractivity contribution in [2.24, 2.45) is 4.99 Å².